The van der Waals surface area contributed by atoms with Gasteiger partial charge in [0.15, 0.2) is 6.61 Å². The van der Waals surface area contributed by atoms with E-state index in [2.05, 4.69) is 21.2 Å². The highest BCUT2D eigenvalue weighted by Crippen LogP contribution is 2.26. The van der Waals surface area contributed by atoms with Crippen LogP contribution in [0.15, 0.2) is 40.9 Å². The first-order valence-electron chi connectivity index (χ1n) is 10.4. The van der Waals surface area contributed by atoms with Gasteiger partial charge in [-0.15, -0.1) is 0 Å². The van der Waals surface area contributed by atoms with Gasteiger partial charge in [-0.1, -0.05) is 45.8 Å². The normalized spacial score (nSPS) is 12.3. The van der Waals surface area contributed by atoms with Crippen LogP contribution in [-0.2, 0) is 16.1 Å². The topological polar surface area (TPSA) is 58.6 Å². The number of amides is 2. The van der Waals surface area contributed by atoms with Gasteiger partial charge >= 0.3 is 0 Å². The van der Waals surface area contributed by atoms with Crippen LogP contribution >= 0.6 is 15.9 Å². The van der Waals surface area contributed by atoms with Crippen molar-refractivity contribution in [3.8, 4) is 5.75 Å². The lowest BCUT2D eigenvalue weighted by atomic mass is 10.1. The first-order chi connectivity index (χ1) is 14.4. The highest BCUT2D eigenvalue weighted by Gasteiger charge is 2.28. The van der Waals surface area contributed by atoms with E-state index in [9.17, 15) is 9.59 Å². The number of nitrogens with one attached hydrogen (secondary N) is 1. The second kappa shape index (κ2) is 10.3. The number of hydrogen-bond acceptors (Lipinski definition) is 3. The molecule has 168 valence electrons. The van der Waals surface area contributed by atoms with Gasteiger partial charge in [0, 0.05) is 16.6 Å². The lowest BCUT2D eigenvalue weighted by molar-refractivity contribution is -0.142. The first kappa shape index (κ1) is 24.9. The summed E-state index contributed by atoms with van der Waals surface area (Å²) in [6.45, 7) is 13.7. The summed E-state index contributed by atoms with van der Waals surface area (Å²) >= 11 is 3.54. The van der Waals surface area contributed by atoms with Crippen LogP contribution in [0.3, 0.4) is 0 Å². The van der Waals surface area contributed by atoms with Crippen molar-refractivity contribution in [3.63, 3.8) is 0 Å². The number of aryl methyl sites for hydroxylation is 3. The Bertz CT molecular complexity index is 927. The first-order valence-corrected chi connectivity index (χ1v) is 11.2. The number of halogens is 1. The van der Waals surface area contributed by atoms with E-state index in [4.69, 9.17) is 4.74 Å². The van der Waals surface area contributed by atoms with Gasteiger partial charge in [-0.05, 0) is 77.3 Å². The van der Waals surface area contributed by atoms with Crippen LogP contribution in [0, 0.1) is 20.8 Å². The Morgan fingerprint density at radius 3 is 2.26 bits per heavy atom. The zero-order chi connectivity index (χ0) is 23.3. The van der Waals surface area contributed by atoms with E-state index in [0.717, 1.165) is 26.7 Å². The molecule has 0 aromatic heterocycles. The van der Waals surface area contributed by atoms with E-state index in [0.29, 0.717) is 12.3 Å². The summed E-state index contributed by atoms with van der Waals surface area (Å²) in [5.74, 6) is 0.203. The van der Waals surface area contributed by atoms with Gasteiger partial charge in [-0.25, -0.2) is 0 Å². The minimum Gasteiger partial charge on any atom is -0.484 e. The maximum absolute atomic E-state index is 13.2. The van der Waals surface area contributed by atoms with Gasteiger partial charge in [0.25, 0.3) is 5.91 Å². The molecule has 1 atom stereocenters. The lowest BCUT2D eigenvalue weighted by Gasteiger charge is -2.31. The lowest BCUT2D eigenvalue weighted by Crippen LogP contribution is -2.53. The molecule has 2 rings (SSSR count). The predicted molar refractivity (Wildman–Crippen MR) is 128 cm³/mol. The van der Waals surface area contributed by atoms with E-state index in [1.807, 2.05) is 77.9 Å². The second-order valence-electron chi connectivity index (χ2n) is 9.09. The van der Waals surface area contributed by atoms with Gasteiger partial charge in [0.05, 0.1) is 0 Å². The molecule has 5 nitrogen and oxygen atoms in total. The average molecular weight is 489 g/mol. The number of nitrogens with zero attached hydrogens (tertiary/aromatic N) is 1. The maximum atomic E-state index is 13.2. The summed E-state index contributed by atoms with van der Waals surface area (Å²) in [4.78, 5) is 27.6. The fourth-order valence-electron chi connectivity index (χ4n) is 3.28. The molecule has 0 saturated carbocycles. The van der Waals surface area contributed by atoms with E-state index in [1.165, 1.54) is 0 Å². The van der Waals surface area contributed by atoms with Crippen LogP contribution in [0.2, 0.25) is 0 Å². The Balaban J connectivity index is 2.21. The summed E-state index contributed by atoms with van der Waals surface area (Å²) in [7, 11) is 0. The van der Waals surface area contributed by atoms with Crippen LogP contribution in [0.5, 0.6) is 5.75 Å². The number of benzene rings is 2. The van der Waals surface area contributed by atoms with E-state index in [-0.39, 0.29) is 24.0 Å². The molecule has 6 heteroatoms. The molecule has 0 aliphatic rings. The summed E-state index contributed by atoms with van der Waals surface area (Å²) in [5, 5.41) is 2.97. The minimum atomic E-state index is -0.635. The van der Waals surface area contributed by atoms with Crippen molar-refractivity contribution in [2.45, 2.75) is 66.6 Å². The number of rotatable bonds is 7. The standard InChI is InChI=1S/C25H33BrN2O3/c1-16-9-8-10-20(11-16)14-28(19(4)24(30)27-25(5,6)7)22(29)15-31-21-12-17(2)23(26)18(3)13-21/h8-13,19H,14-15H2,1-7H3,(H,27,30)/t19-/m0/s1. The van der Waals surface area contributed by atoms with Crippen molar-refractivity contribution >= 4 is 27.7 Å². The van der Waals surface area contributed by atoms with Crippen molar-refractivity contribution in [2.75, 3.05) is 6.61 Å². The van der Waals surface area contributed by atoms with Crippen LogP contribution < -0.4 is 10.1 Å². The molecular formula is C25H33BrN2O3. The van der Waals surface area contributed by atoms with E-state index < -0.39 is 6.04 Å². The molecule has 0 heterocycles. The van der Waals surface area contributed by atoms with Crippen LogP contribution in [0.4, 0.5) is 0 Å². The van der Waals surface area contributed by atoms with E-state index in [1.54, 1.807) is 11.8 Å². The average Bonchev–Trinajstić information content (AvgIpc) is 2.66. The Hall–Kier alpha value is -2.34. The quantitative estimate of drug-likeness (QED) is 0.590. The summed E-state index contributed by atoms with van der Waals surface area (Å²) in [5.41, 5.74) is 3.77. The van der Waals surface area contributed by atoms with Crippen LogP contribution in [-0.4, -0.2) is 34.9 Å². The third kappa shape index (κ3) is 7.39. The number of hydrogen-bond donors (Lipinski definition) is 1. The molecule has 1 N–H and O–H groups in total. The monoisotopic (exact) mass is 488 g/mol. The summed E-state index contributed by atoms with van der Waals surface area (Å²) in [6, 6.07) is 11.1. The van der Waals surface area contributed by atoms with Crippen molar-refractivity contribution in [1.82, 2.24) is 10.2 Å². The van der Waals surface area contributed by atoms with Crippen molar-refractivity contribution in [3.05, 3.63) is 63.1 Å². The zero-order valence-electron chi connectivity index (χ0n) is 19.5. The van der Waals surface area contributed by atoms with Crippen LogP contribution in [0.1, 0.15) is 49.9 Å². The predicted octanol–water partition coefficient (Wildman–Crippen LogP) is 5.09. The van der Waals surface area contributed by atoms with Gasteiger partial charge < -0.3 is 15.0 Å². The number of carbonyl (C=O) groups is 2. The second-order valence-corrected chi connectivity index (χ2v) is 9.88. The third-order valence-corrected chi connectivity index (χ3v) is 6.12. The fraction of sp³-hybridized carbons (Fsp3) is 0.440. The van der Waals surface area contributed by atoms with Crippen LogP contribution in [0.25, 0.3) is 0 Å². The Kier molecular flexibility index (Phi) is 8.29. The molecule has 0 bridgehead atoms. The van der Waals surface area contributed by atoms with Crippen molar-refractivity contribution in [1.29, 1.82) is 0 Å². The smallest absolute Gasteiger partial charge is 0.261 e. The molecule has 0 unspecified atom stereocenters. The number of ether oxygens (including phenoxy) is 1. The molecule has 2 aromatic rings. The maximum Gasteiger partial charge on any atom is 0.261 e. The fourth-order valence-corrected chi connectivity index (χ4v) is 3.51. The Labute approximate surface area is 194 Å². The highest BCUT2D eigenvalue weighted by atomic mass is 79.9. The summed E-state index contributed by atoms with van der Waals surface area (Å²) in [6.07, 6.45) is 0. The molecule has 0 spiro atoms. The van der Waals surface area contributed by atoms with Gasteiger partial charge in [0.1, 0.15) is 11.8 Å². The molecule has 0 aliphatic carbocycles. The molecule has 0 radical (unpaired) electrons. The van der Waals surface area contributed by atoms with E-state index >= 15 is 0 Å². The van der Waals surface area contributed by atoms with Gasteiger partial charge in [-0.3, -0.25) is 9.59 Å². The summed E-state index contributed by atoms with van der Waals surface area (Å²) < 4.78 is 6.84. The highest BCUT2D eigenvalue weighted by molar-refractivity contribution is 9.10. The number of carbonyl (C=O) groups excluding carboxylic acids is 2. The molecule has 0 aliphatic heterocycles. The molecular weight excluding hydrogens is 456 g/mol. The molecule has 0 fully saturated rings. The molecule has 2 amide bonds. The minimum absolute atomic E-state index is 0.139. The molecule has 31 heavy (non-hydrogen) atoms. The Morgan fingerprint density at radius 2 is 1.71 bits per heavy atom. The van der Waals surface area contributed by atoms with Gasteiger partial charge in [0.2, 0.25) is 5.91 Å². The SMILES string of the molecule is Cc1cccc(CN(C(=O)COc2cc(C)c(Br)c(C)c2)[C@@H](C)C(=O)NC(C)(C)C)c1. The largest absolute Gasteiger partial charge is 0.484 e. The molecule has 0 saturated heterocycles. The Morgan fingerprint density at radius 1 is 1.10 bits per heavy atom. The molecule has 2 aromatic carbocycles. The van der Waals surface area contributed by atoms with Crippen molar-refractivity contribution < 1.29 is 14.3 Å². The van der Waals surface area contributed by atoms with Crippen molar-refractivity contribution in [2.24, 2.45) is 0 Å². The van der Waals surface area contributed by atoms with Gasteiger partial charge in [-0.2, -0.15) is 0 Å². The third-order valence-electron chi connectivity index (χ3n) is 4.87. The zero-order valence-corrected chi connectivity index (χ0v) is 21.1.